The Hall–Kier alpha value is -1.86. The molecule has 0 aliphatic carbocycles. The molecule has 0 bridgehead atoms. The third kappa shape index (κ3) is 3.11. The lowest BCUT2D eigenvalue weighted by Gasteiger charge is -2.33. The van der Waals surface area contributed by atoms with Gasteiger partial charge in [-0.25, -0.2) is 8.42 Å². The first-order chi connectivity index (χ1) is 10.8. The summed E-state index contributed by atoms with van der Waals surface area (Å²) in [4.78, 5) is 17.5. The lowest BCUT2D eigenvalue weighted by molar-refractivity contribution is 0.0693. The Bertz CT molecular complexity index is 862. The molecule has 1 aliphatic rings. The minimum atomic E-state index is -3.18. The van der Waals surface area contributed by atoms with Gasteiger partial charge >= 0.3 is 0 Å². The van der Waals surface area contributed by atoms with Crippen LogP contribution in [0, 0.1) is 13.8 Å². The normalized spacial score (nSPS) is 16.9. The van der Waals surface area contributed by atoms with Gasteiger partial charge < -0.3 is 9.88 Å². The number of H-pyrrole nitrogens is 1. The molecule has 1 aromatic heterocycles. The van der Waals surface area contributed by atoms with Crippen LogP contribution in [0.2, 0.25) is 0 Å². The van der Waals surface area contributed by atoms with E-state index in [4.69, 9.17) is 0 Å². The van der Waals surface area contributed by atoms with Crippen LogP contribution in [0.1, 0.15) is 21.6 Å². The molecule has 0 saturated carbocycles. The summed E-state index contributed by atoms with van der Waals surface area (Å²) in [6, 6.07) is 6.01. The summed E-state index contributed by atoms with van der Waals surface area (Å²) in [5.74, 6) is -0.0774. The van der Waals surface area contributed by atoms with E-state index in [1.807, 2.05) is 26.0 Å². The minimum absolute atomic E-state index is 0.0774. The van der Waals surface area contributed by atoms with Crippen LogP contribution in [0.3, 0.4) is 0 Å². The second kappa shape index (κ2) is 5.65. The van der Waals surface area contributed by atoms with E-state index < -0.39 is 10.0 Å². The summed E-state index contributed by atoms with van der Waals surface area (Å²) in [6.45, 7) is 5.59. The van der Waals surface area contributed by atoms with Gasteiger partial charge in [0.05, 0.1) is 6.26 Å². The van der Waals surface area contributed by atoms with Crippen molar-refractivity contribution in [2.75, 3.05) is 32.4 Å². The first-order valence-electron chi connectivity index (χ1n) is 7.60. The fourth-order valence-electron chi connectivity index (χ4n) is 3.11. The fourth-order valence-corrected chi connectivity index (χ4v) is 3.93. The van der Waals surface area contributed by atoms with Crippen molar-refractivity contribution in [2.24, 2.45) is 0 Å². The molecule has 6 nitrogen and oxygen atoms in total. The maximum absolute atomic E-state index is 12.6. The number of rotatable bonds is 2. The Balaban J connectivity index is 1.81. The van der Waals surface area contributed by atoms with E-state index in [-0.39, 0.29) is 5.91 Å². The lowest BCUT2D eigenvalue weighted by atomic mass is 10.1. The number of benzene rings is 1. The molecule has 1 fully saturated rings. The molecule has 7 heteroatoms. The molecule has 1 aromatic carbocycles. The highest BCUT2D eigenvalue weighted by molar-refractivity contribution is 7.88. The van der Waals surface area contributed by atoms with Crippen LogP contribution in [0.4, 0.5) is 0 Å². The zero-order chi connectivity index (χ0) is 16.8. The Morgan fingerprint density at radius 1 is 1.09 bits per heavy atom. The van der Waals surface area contributed by atoms with Gasteiger partial charge in [0.2, 0.25) is 10.0 Å². The van der Waals surface area contributed by atoms with E-state index in [0.717, 1.165) is 22.0 Å². The number of aromatic amines is 1. The summed E-state index contributed by atoms with van der Waals surface area (Å²) < 4.78 is 24.5. The molecule has 0 atom stereocenters. The van der Waals surface area contributed by atoms with Gasteiger partial charge in [0.15, 0.2) is 0 Å². The molecule has 2 aromatic rings. The summed E-state index contributed by atoms with van der Waals surface area (Å²) in [6.07, 6.45) is 1.20. The van der Waals surface area contributed by atoms with Crippen LogP contribution in [-0.4, -0.2) is 60.9 Å². The topological polar surface area (TPSA) is 73.5 Å². The van der Waals surface area contributed by atoms with E-state index >= 15 is 0 Å². The van der Waals surface area contributed by atoms with Gasteiger partial charge in [0.25, 0.3) is 5.91 Å². The van der Waals surface area contributed by atoms with Crippen LogP contribution in [0.15, 0.2) is 18.2 Å². The van der Waals surface area contributed by atoms with E-state index in [1.165, 1.54) is 10.6 Å². The van der Waals surface area contributed by atoms with Gasteiger partial charge in [0, 0.05) is 37.1 Å². The van der Waals surface area contributed by atoms with E-state index in [0.29, 0.717) is 31.9 Å². The van der Waals surface area contributed by atoms with Gasteiger partial charge in [-0.1, -0.05) is 6.07 Å². The highest BCUT2D eigenvalue weighted by atomic mass is 32.2. The molecule has 23 heavy (non-hydrogen) atoms. The summed E-state index contributed by atoms with van der Waals surface area (Å²) in [5, 5.41) is 1.05. The lowest BCUT2D eigenvalue weighted by Crippen LogP contribution is -2.50. The van der Waals surface area contributed by atoms with Crippen LogP contribution in [0.5, 0.6) is 0 Å². The standard InChI is InChI=1S/C16H21N3O3S/c1-11-8-12(2)13-10-15(17-14(13)9-11)16(20)18-4-6-19(7-5-18)23(3,21)22/h8-10,17H,4-7H2,1-3H3. The SMILES string of the molecule is Cc1cc(C)c2cc(C(=O)N3CCN(S(C)(=O)=O)CC3)[nH]c2c1. The number of nitrogens with zero attached hydrogens (tertiary/aromatic N) is 2. The number of hydrogen-bond acceptors (Lipinski definition) is 3. The third-order valence-corrected chi connectivity index (χ3v) is 5.62. The molecule has 1 N–H and O–H groups in total. The Morgan fingerprint density at radius 3 is 2.35 bits per heavy atom. The van der Waals surface area contributed by atoms with Crippen LogP contribution < -0.4 is 0 Å². The number of carbonyl (C=O) groups excluding carboxylic acids is 1. The molecule has 0 radical (unpaired) electrons. The number of nitrogens with one attached hydrogen (secondary N) is 1. The molecule has 1 aliphatic heterocycles. The van der Waals surface area contributed by atoms with Crippen molar-refractivity contribution in [1.29, 1.82) is 0 Å². The molecular formula is C16H21N3O3S. The first kappa shape index (κ1) is 16.0. The Morgan fingerprint density at radius 2 is 1.74 bits per heavy atom. The van der Waals surface area contributed by atoms with Crippen molar-refractivity contribution in [3.8, 4) is 0 Å². The second-order valence-electron chi connectivity index (χ2n) is 6.18. The molecule has 1 saturated heterocycles. The van der Waals surface area contributed by atoms with Gasteiger partial charge in [-0.05, 0) is 37.1 Å². The number of aryl methyl sites for hydroxylation is 2. The van der Waals surface area contributed by atoms with Crippen molar-refractivity contribution in [3.05, 3.63) is 35.0 Å². The summed E-state index contributed by atoms with van der Waals surface area (Å²) in [7, 11) is -3.18. The summed E-state index contributed by atoms with van der Waals surface area (Å²) >= 11 is 0. The van der Waals surface area contributed by atoms with Crippen molar-refractivity contribution < 1.29 is 13.2 Å². The fraction of sp³-hybridized carbons (Fsp3) is 0.438. The largest absolute Gasteiger partial charge is 0.351 e. The third-order valence-electron chi connectivity index (χ3n) is 4.31. The van der Waals surface area contributed by atoms with Crippen molar-refractivity contribution in [1.82, 2.24) is 14.2 Å². The monoisotopic (exact) mass is 335 g/mol. The Labute approximate surface area is 136 Å². The van der Waals surface area contributed by atoms with Gasteiger partial charge in [0.1, 0.15) is 5.69 Å². The predicted molar refractivity (Wildman–Crippen MR) is 90.1 cm³/mol. The number of carbonyl (C=O) groups is 1. The molecule has 124 valence electrons. The van der Waals surface area contributed by atoms with Crippen LogP contribution >= 0.6 is 0 Å². The molecule has 1 amide bonds. The minimum Gasteiger partial charge on any atom is -0.351 e. The number of sulfonamides is 1. The molecule has 3 rings (SSSR count). The van der Waals surface area contributed by atoms with Crippen molar-refractivity contribution >= 4 is 26.8 Å². The zero-order valence-electron chi connectivity index (χ0n) is 13.6. The molecular weight excluding hydrogens is 314 g/mol. The molecule has 0 unspecified atom stereocenters. The van der Waals surface area contributed by atoms with E-state index in [2.05, 4.69) is 11.1 Å². The summed E-state index contributed by atoms with van der Waals surface area (Å²) in [5.41, 5.74) is 3.80. The maximum Gasteiger partial charge on any atom is 0.270 e. The highest BCUT2D eigenvalue weighted by Crippen LogP contribution is 2.22. The Kier molecular flexibility index (Phi) is 3.93. The highest BCUT2D eigenvalue weighted by Gasteiger charge is 2.27. The average Bonchev–Trinajstić information content (AvgIpc) is 2.90. The van der Waals surface area contributed by atoms with Crippen molar-refractivity contribution in [3.63, 3.8) is 0 Å². The van der Waals surface area contributed by atoms with Gasteiger partial charge in [-0.2, -0.15) is 4.31 Å². The zero-order valence-corrected chi connectivity index (χ0v) is 14.4. The average molecular weight is 335 g/mol. The predicted octanol–water partition coefficient (Wildman–Crippen LogP) is 1.50. The first-order valence-corrected chi connectivity index (χ1v) is 9.45. The van der Waals surface area contributed by atoms with E-state index in [9.17, 15) is 13.2 Å². The van der Waals surface area contributed by atoms with Crippen molar-refractivity contribution in [2.45, 2.75) is 13.8 Å². The van der Waals surface area contributed by atoms with E-state index in [1.54, 1.807) is 4.90 Å². The number of aromatic nitrogens is 1. The molecule has 0 spiro atoms. The smallest absolute Gasteiger partial charge is 0.270 e. The molecule has 2 heterocycles. The number of hydrogen-bond donors (Lipinski definition) is 1. The number of piperazine rings is 1. The second-order valence-corrected chi connectivity index (χ2v) is 8.16. The quantitative estimate of drug-likeness (QED) is 0.904. The van der Waals surface area contributed by atoms with Gasteiger partial charge in [-0.15, -0.1) is 0 Å². The van der Waals surface area contributed by atoms with Crippen LogP contribution in [-0.2, 0) is 10.0 Å². The van der Waals surface area contributed by atoms with Gasteiger partial charge in [-0.3, -0.25) is 4.79 Å². The number of fused-ring (bicyclic) bond motifs is 1. The maximum atomic E-state index is 12.6. The van der Waals surface area contributed by atoms with Crippen LogP contribution in [0.25, 0.3) is 10.9 Å². The number of amides is 1.